The van der Waals surface area contributed by atoms with Crippen LogP contribution in [0.3, 0.4) is 0 Å². The summed E-state index contributed by atoms with van der Waals surface area (Å²) in [5.41, 5.74) is 1.47. The molecule has 0 saturated carbocycles. The van der Waals surface area contributed by atoms with Crippen LogP contribution in [0.15, 0.2) is 69.1 Å². The first kappa shape index (κ1) is 14.5. The first-order valence-electron chi connectivity index (χ1n) is 6.79. The Kier molecular flexibility index (Phi) is 3.84. The number of aromatic amines is 3. The first-order valence-corrected chi connectivity index (χ1v) is 6.79. The fourth-order valence-electron chi connectivity index (χ4n) is 2.04. The van der Waals surface area contributed by atoms with E-state index in [0.717, 1.165) is 11.0 Å². The molecular formula is C16H12N4O3. The van der Waals surface area contributed by atoms with Gasteiger partial charge in [-0.25, -0.2) is 4.98 Å². The van der Waals surface area contributed by atoms with Gasteiger partial charge >= 0.3 is 11.1 Å². The Morgan fingerprint density at radius 3 is 1.78 bits per heavy atom. The van der Waals surface area contributed by atoms with Crippen molar-refractivity contribution >= 4 is 22.1 Å². The van der Waals surface area contributed by atoms with Crippen LogP contribution in [0.2, 0.25) is 0 Å². The molecule has 0 unspecified atom stereocenters. The third kappa shape index (κ3) is 3.24. The molecule has 0 fully saturated rings. The number of nitrogens with zero attached hydrogens (tertiary/aromatic N) is 1. The highest BCUT2D eigenvalue weighted by atomic mass is 16.2. The number of aromatic nitrogens is 4. The number of fused-ring (bicyclic) bond motifs is 2. The van der Waals surface area contributed by atoms with Gasteiger partial charge in [-0.3, -0.25) is 14.4 Å². The van der Waals surface area contributed by atoms with Gasteiger partial charge in [-0.2, -0.15) is 0 Å². The minimum atomic E-state index is -0.617. The van der Waals surface area contributed by atoms with Gasteiger partial charge in [0.05, 0.1) is 28.3 Å². The number of para-hydroxylation sites is 4. The van der Waals surface area contributed by atoms with E-state index in [0.29, 0.717) is 11.0 Å². The molecule has 2 heterocycles. The summed E-state index contributed by atoms with van der Waals surface area (Å²) in [7, 11) is 0. The van der Waals surface area contributed by atoms with E-state index in [1.165, 1.54) is 6.20 Å². The van der Waals surface area contributed by atoms with Crippen molar-refractivity contribution in [3.8, 4) is 0 Å². The summed E-state index contributed by atoms with van der Waals surface area (Å²) < 4.78 is 0. The fraction of sp³-hybridized carbons (Fsp3) is 0. The van der Waals surface area contributed by atoms with Crippen LogP contribution in [0.5, 0.6) is 0 Å². The fourth-order valence-corrected chi connectivity index (χ4v) is 2.04. The Morgan fingerprint density at radius 1 is 0.652 bits per heavy atom. The molecule has 2 aromatic heterocycles. The van der Waals surface area contributed by atoms with Gasteiger partial charge in [0.1, 0.15) is 0 Å². The lowest BCUT2D eigenvalue weighted by atomic mass is 10.3. The van der Waals surface area contributed by atoms with E-state index < -0.39 is 11.1 Å². The molecular weight excluding hydrogens is 296 g/mol. The normalized spacial score (nSPS) is 10.3. The summed E-state index contributed by atoms with van der Waals surface area (Å²) in [6.07, 6.45) is 1.28. The van der Waals surface area contributed by atoms with Crippen LogP contribution in [0.25, 0.3) is 22.1 Å². The van der Waals surface area contributed by atoms with Crippen LogP contribution in [0, 0.1) is 0 Å². The SMILES string of the molecule is O=c1[nH]c2ccccc2[nH]c1=O.O=c1cnc2ccccc2[nH]1. The molecule has 0 amide bonds. The Balaban J connectivity index is 0.000000136. The van der Waals surface area contributed by atoms with E-state index in [1.807, 2.05) is 24.3 Å². The molecule has 0 spiro atoms. The second kappa shape index (κ2) is 6.10. The predicted octanol–water partition coefficient (Wildman–Crippen LogP) is 1.14. The van der Waals surface area contributed by atoms with Gasteiger partial charge < -0.3 is 15.0 Å². The van der Waals surface area contributed by atoms with Crippen molar-refractivity contribution in [3.63, 3.8) is 0 Å². The zero-order valence-corrected chi connectivity index (χ0v) is 11.9. The Labute approximate surface area is 128 Å². The number of H-pyrrole nitrogens is 3. The summed E-state index contributed by atoms with van der Waals surface area (Å²) >= 11 is 0. The lowest BCUT2D eigenvalue weighted by Gasteiger charge is -1.93. The molecule has 0 radical (unpaired) electrons. The van der Waals surface area contributed by atoms with Crippen molar-refractivity contribution in [2.24, 2.45) is 0 Å². The largest absolute Gasteiger partial charge is 0.319 e. The van der Waals surface area contributed by atoms with Crippen LogP contribution in [-0.4, -0.2) is 19.9 Å². The highest BCUT2D eigenvalue weighted by Gasteiger charge is 1.95. The smallest absolute Gasteiger partial charge is 0.314 e. The van der Waals surface area contributed by atoms with Crippen LogP contribution < -0.4 is 16.7 Å². The Morgan fingerprint density at radius 2 is 1.17 bits per heavy atom. The minimum Gasteiger partial charge on any atom is -0.319 e. The van der Waals surface area contributed by atoms with E-state index in [2.05, 4.69) is 19.9 Å². The highest BCUT2D eigenvalue weighted by molar-refractivity contribution is 5.73. The van der Waals surface area contributed by atoms with Gasteiger partial charge in [0.25, 0.3) is 5.56 Å². The van der Waals surface area contributed by atoms with E-state index in [9.17, 15) is 14.4 Å². The van der Waals surface area contributed by atoms with Crippen LogP contribution >= 0.6 is 0 Å². The maximum absolute atomic E-state index is 10.8. The molecule has 23 heavy (non-hydrogen) atoms. The zero-order chi connectivity index (χ0) is 16.2. The highest BCUT2D eigenvalue weighted by Crippen LogP contribution is 2.03. The Bertz CT molecular complexity index is 1090. The average molecular weight is 308 g/mol. The number of rotatable bonds is 0. The van der Waals surface area contributed by atoms with Gasteiger partial charge in [0.15, 0.2) is 0 Å². The maximum Gasteiger partial charge on any atom is 0.314 e. The Hall–Kier alpha value is -3.48. The van der Waals surface area contributed by atoms with Crippen molar-refractivity contribution in [2.75, 3.05) is 0 Å². The van der Waals surface area contributed by atoms with Crippen molar-refractivity contribution < 1.29 is 0 Å². The van der Waals surface area contributed by atoms with E-state index in [1.54, 1.807) is 24.3 Å². The van der Waals surface area contributed by atoms with Gasteiger partial charge in [-0.15, -0.1) is 0 Å². The molecule has 4 aromatic rings. The molecule has 7 heteroatoms. The topological polar surface area (TPSA) is 111 Å². The molecule has 7 nitrogen and oxygen atoms in total. The lowest BCUT2D eigenvalue weighted by molar-refractivity contribution is 1.15. The summed E-state index contributed by atoms with van der Waals surface area (Å²) in [6.45, 7) is 0. The summed E-state index contributed by atoms with van der Waals surface area (Å²) in [6, 6.07) is 14.5. The third-order valence-electron chi connectivity index (χ3n) is 3.11. The van der Waals surface area contributed by atoms with Gasteiger partial charge in [-0.05, 0) is 24.3 Å². The minimum absolute atomic E-state index is 0.163. The van der Waals surface area contributed by atoms with Crippen molar-refractivity contribution in [2.45, 2.75) is 0 Å². The molecule has 0 atom stereocenters. The van der Waals surface area contributed by atoms with Gasteiger partial charge in [0, 0.05) is 0 Å². The van der Waals surface area contributed by atoms with Crippen molar-refractivity contribution in [1.82, 2.24) is 19.9 Å². The van der Waals surface area contributed by atoms with Crippen LogP contribution in [0.4, 0.5) is 0 Å². The number of hydrogen-bond donors (Lipinski definition) is 3. The first-order chi connectivity index (χ1) is 11.1. The molecule has 0 aliphatic heterocycles. The van der Waals surface area contributed by atoms with Gasteiger partial charge in [-0.1, -0.05) is 24.3 Å². The summed E-state index contributed by atoms with van der Waals surface area (Å²) in [5, 5.41) is 0. The standard InChI is InChI=1S/C8H6N2O2.C8H6N2O/c11-7-8(12)10-6-4-2-1-3-5(6)9-7;11-8-5-9-6-3-1-2-4-7(6)10-8/h1-4H,(H,9,11)(H,10,12);1-5H,(H,10,11). The quantitative estimate of drug-likeness (QED) is 0.423. The van der Waals surface area contributed by atoms with Crippen LogP contribution in [-0.2, 0) is 0 Å². The molecule has 0 saturated heterocycles. The zero-order valence-electron chi connectivity index (χ0n) is 11.9. The number of hydrogen-bond acceptors (Lipinski definition) is 4. The van der Waals surface area contributed by atoms with Crippen LogP contribution in [0.1, 0.15) is 0 Å². The van der Waals surface area contributed by atoms with Crippen molar-refractivity contribution in [1.29, 1.82) is 0 Å². The molecule has 114 valence electrons. The summed E-state index contributed by atoms with van der Waals surface area (Å²) in [4.78, 5) is 44.0. The molecule has 0 aliphatic rings. The van der Waals surface area contributed by atoms with E-state index in [4.69, 9.17) is 0 Å². The molecule has 4 rings (SSSR count). The van der Waals surface area contributed by atoms with E-state index in [-0.39, 0.29) is 5.56 Å². The number of benzene rings is 2. The van der Waals surface area contributed by atoms with Gasteiger partial charge in [0.2, 0.25) is 0 Å². The number of nitrogens with one attached hydrogen (secondary N) is 3. The third-order valence-corrected chi connectivity index (χ3v) is 3.11. The predicted molar refractivity (Wildman–Crippen MR) is 87.6 cm³/mol. The monoisotopic (exact) mass is 308 g/mol. The van der Waals surface area contributed by atoms with E-state index >= 15 is 0 Å². The lowest BCUT2D eigenvalue weighted by Crippen LogP contribution is -2.28. The summed E-state index contributed by atoms with van der Waals surface area (Å²) in [5.74, 6) is 0. The van der Waals surface area contributed by atoms with Crippen molar-refractivity contribution in [3.05, 3.63) is 85.8 Å². The molecule has 0 bridgehead atoms. The molecule has 2 aromatic carbocycles. The maximum atomic E-state index is 10.8. The molecule has 3 N–H and O–H groups in total. The second-order valence-corrected chi connectivity index (χ2v) is 4.72. The molecule has 0 aliphatic carbocycles. The second-order valence-electron chi connectivity index (χ2n) is 4.72. The average Bonchev–Trinajstić information content (AvgIpc) is 2.56.